The Morgan fingerprint density at radius 2 is 1.94 bits per heavy atom. The lowest BCUT2D eigenvalue weighted by Crippen LogP contribution is -2.27. The molecule has 0 aliphatic carbocycles. The highest BCUT2D eigenvalue weighted by Gasteiger charge is 2.36. The van der Waals surface area contributed by atoms with Crippen molar-refractivity contribution in [2.24, 2.45) is 0 Å². The van der Waals surface area contributed by atoms with Gasteiger partial charge in [0.2, 0.25) is 0 Å². The van der Waals surface area contributed by atoms with Gasteiger partial charge in [-0.25, -0.2) is 22.6 Å². The molecule has 180 valence electrons. The van der Waals surface area contributed by atoms with Crippen LogP contribution in [0.3, 0.4) is 0 Å². The van der Waals surface area contributed by atoms with Gasteiger partial charge in [-0.15, -0.1) is 10.2 Å². The molecule has 10 nitrogen and oxygen atoms in total. The Balaban J connectivity index is 1.31. The maximum absolute atomic E-state index is 15.0. The van der Waals surface area contributed by atoms with Gasteiger partial charge in [0.15, 0.2) is 11.6 Å². The molecule has 13 heteroatoms. The Bertz CT molecular complexity index is 1310. The molecule has 2 aromatic heterocycles. The van der Waals surface area contributed by atoms with Crippen LogP contribution in [0.5, 0.6) is 0 Å². The van der Waals surface area contributed by atoms with Gasteiger partial charge < -0.3 is 10.1 Å². The summed E-state index contributed by atoms with van der Waals surface area (Å²) < 4.78 is 51.6. The number of amides is 1. The van der Waals surface area contributed by atoms with Crippen LogP contribution in [0.25, 0.3) is 11.1 Å². The summed E-state index contributed by atoms with van der Waals surface area (Å²) in [5, 5.41) is 20.7. The molecule has 35 heavy (non-hydrogen) atoms. The van der Waals surface area contributed by atoms with Crippen LogP contribution >= 0.6 is 0 Å². The number of hydrogen-bond acceptors (Lipinski definition) is 7. The van der Waals surface area contributed by atoms with Gasteiger partial charge in [0, 0.05) is 25.4 Å². The van der Waals surface area contributed by atoms with E-state index >= 15 is 4.39 Å². The van der Waals surface area contributed by atoms with Gasteiger partial charge in [-0.05, 0) is 11.1 Å². The van der Waals surface area contributed by atoms with Crippen molar-refractivity contribution in [3.05, 3.63) is 77.6 Å². The van der Waals surface area contributed by atoms with Gasteiger partial charge in [0.25, 0.3) is 0 Å². The third kappa shape index (κ3) is 4.71. The van der Waals surface area contributed by atoms with Crippen molar-refractivity contribution in [3.63, 3.8) is 0 Å². The van der Waals surface area contributed by atoms with Gasteiger partial charge in [0.1, 0.15) is 11.9 Å². The van der Waals surface area contributed by atoms with E-state index in [2.05, 4.69) is 31.0 Å². The second-order valence-corrected chi connectivity index (χ2v) is 7.90. The van der Waals surface area contributed by atoms with Crippen molar-refractivity contribution in [1.29, 1.82) is 0 Å². The average molecular weight is 484 g/mol. The molecule has 4 aromatic rings. The van der Waals surface area contributed by atoms with Crippen LogP contribution in [0.15, 0.2) is 48.9 Å². The summed E-state index contributed by atoms with van der Waals surface area (Å²) in [4.78, 5) is 13.1. The number of hydrogen-bond donors (Lipinski definition) is 2. The smallest absolute Gasteiger partial charge is 0.414 e. The summed E-state index contributed by atoms with van der Waals surface area (Å²) in [5.41, 5.74) is 0.801. The highest BCUT2D eigenvalue weighted by Crippen LogP contribution is 2.35. The van der Waals surface area contributed by atoms with Crippen LogP contribution in [0.2, 0.25) is 0 Å². The van der Waals surface area contributed by atoms with Crippen molar-refractivity contribution >= 4 is 11.8 Å². The van der Waals surface area contributed by atoms with Crippen molar-refractivity contribution in [3.8, 4) is 11.1 Å². The molecule has 0 saturated carbocycles. The van der Waals surface area contributed by atoms with Crippen LogP contribution in [0.1, 0.15) is 11.3 Å². The van der Waals surface area contributed by atoms with E-state index in [9.17, 15) is 13.6 Å². The number of aromatic amines is 1. The average Bonchev–Trinajstić information content (AvgIpc) is 3.61. The zero-order chi connectivity index (χ0) is 24.4. The van der Waals surface area contributed by atoms with E-state index in [0.29, 0.717) is 13.1 Å². The Kier molecular flexibility index (Phi) is 6.14. The summed E-state index contributed by atoms with van der Waals surface area (Å²) in [6.45, 7) is 1.09. The number of H-pyrrole nitrogens is 1. The van der Waals surface area contributed by atoms with Crippen LogP contribution in [-0.2, 0) is 24.4 Å². The number of nitrogens with zero attached hydrogens (tertiary/aromatic N) is 6. The minimum Gasteiger partial charge on any atom is -0.442 e. The molecule has 2 aromatic carbocycles. The van der Waals surface area contributed by atoms with Crippen molar-refractivity contribution in [1.82, 2.24) is 35.7 Å². The molecule has 1 aliphatic rings. The maximum atomic E-state index is 15.0. The zero-order valence-electron chi connectivity index (χ0n) is 18.2. The molecule has 1 fully saturated rings. The first-order chi connectivity index (χ1) is 17.0. The Hall–Kier alpha value is -4.26. The van der Waals surface area contributed by atoms with Crippen molar-refractivity contribution < 1.29 is 22.7 Å². The lowest BCUT2D eigenvalue weighted by molar-refractivity contribution is 0.129. The van der Waals surface area contributed by atoms with E-state index < -0.39 is 40.9 Å². The second-order valence-electron chi connectivity index (χ2n) is 7.90. The summed E-state index contributed by atoms with van der Waals surface area (Å²) in [6, 6.07) is 7.19. The number of ether oxygens (including phenoxy) is 1. The first-order valence-electron chi connectivity index (χ1n) is 10.6. The number of aromatic nitrogens is 6. The number of carbonyl (C=O) groups is 1. The van der Waals surface area contributed by atoms with Crippen LogP contribution in [-0.4, -0.2) is 49.1 Å². The summed E-state index contributed by atoms with van der Waals surface area (Å²) in [5.74, 6) is -3.71. The van der Waals surface area contributed by atoms with E-state index in [0.717, 1.165) is 22.2 Å². The molecular formula is C22H19F3N8O2. The molecule has 1 aliphatic heterocycles. The Morgan fingerprint density at radius 3 is 2.66 bits per heavy atom. The van der Waals surface area contributed by atoms with Crippen LogP contribution < -0.4 is 10.2 Å². The number of anilines is 1. The molecule has 0 unspecified atom stereocenters. The van der Waals surface area contributed by atoms with E-state index in [1.165, 1.54) is 23.0 Å². The zero-order valence-corrected chi connectivity index (χ0v) is 18.2. The topological polar surface area (TPSA) is 114 Å². The fourth-order valence-corrected chi connectivity index (χ4v) is 3.83. The molecule has 3 heterocycles. The third-order valence-corrected chi connectivity index (χ3v) is 5.52. The van der Waals surface area contributed by atoms with E-state index in [-0.39, 0.29) is 18.7 Å². The molecule has 2 N–H and O–H groups in total. The predicted molar refractivity (Wildman–Crippen MR) is 116 cm³/mol. The molecule has 1 saturated heterocycles. The number of benzene rings is 2. The van der Waals surface area contributed by atoms with Gasteiger partial charge in [-0.1, -0.05) is 34.7 Å². The maximum Gasteiger partial charge on any atom is 0.414 e. The van der Waals surface area contributed by atoms with Crippen molar-refractivity contribution in [2.45, 2.75) is 25.7 Å². The molecular weight excluding hydrogens is 465 g/mol. The summed E-state index contributed by atoms with van der Waals surface area (Å²) in [7, 11) is 0. The molecule has 0 bridgehead atoms. The van der Waals surface area contributed by atoms with Crippen molar-refractivity contribution in [2.75, 3.05) is 11.4 Å². The number of cyclic esters (lactones) is 1. The minimum absolute atomic E-state index is 0.0931. The predicted octanol–water partition coefficient (Wildman–Crippen LogP) is 2.80. The highest BCUT2D eigenvalue weighted by atomic mass is 19.2. The lowest BCUT2D eigenvalue weighted by atomic mass is 10.0. The molecule has 1 amide bonds. The normalized spacial score (nSPS) is 15.6. The molecule has 1 atom stereocenters. The summed E-state index contributed by atoms with van der Waals surface area (Å²) in [6.07, 6.45) is 3.05. The van der Waals surface area contributed by atoms with Gasteiger partial charge in [-0.3, -0.25) is 10.00 Å². The van der Waals surface area contributed by atoms with E-state index in [1.54, 1.807) is 24.5 Å². The monoisotopic (exact) mass is 484 g/mol. The second kappa shape index (κ2) is 9.54. The van der Waals surface area contributed by atoms with Crippen LogP contribution in [0.4, 0.5) is 23.7 Å². The lowest BCUT2D eigenvalue weighted by Gasteiger charge is -2.17. The van der Waals surface area contributed by atoms with E-state index in [1.807, 2.05) is 0 Å². The number of carbonyl (C=O) groups excluding carboxylic acids is 1. The number of halogens is 3. The fraction of sp³-hybridized carbons (Fsp3) is 0.227. The standard InChI is InChI=1S/C22H19F3N8O2/c23-17-7-18(33-12-16(35-22(33)34)11-32-6-5-27-31-32)20(24)21(25)19(17)14-3-1-13(2-4-14)8-26-9-15-10-28-30-29-15/h1-7,10,16,26H,8-9,11-12H2,(H,28,29,30)/t16-/m0/s1. The SMILES string of the molecule is O=C1O[C@@H](Cn2ccnn2)CN1c1cc(F)c(-c2ccc(CNCc3cnn[nH]3)cc2)c(F)c1F. The van der Waals surface area contributed by atoms with Gasteiger partial charge >= 0.3 is 6.09 Å². The Morgan fingerprint density at radius 1 is 1.11 bits per heavy atom. The molecule has 5 rings (SSSR count). The van der Waals surface area contributed by atoms with Gasteiger partial charge in [-0.2, -0.15) is 0 Å². The minimum atomic E-state index is -1.38. The fourth-order valence-electron chi connectivity index (χ4n) is 3.83. The molecule has 0 radical (unpaired) electrons. The first-order valence-corrected chi connectivity index (χ1v) is 10.6. The molecule has 0 spiro atoms. The van der Waals surface area contributed by atoms with Crippen LogP contribution in [0, 0.1) is 17.5 Å². The quantitative estimate of drug-likeness (QED) is 0.370. The third-order valence-electron chi connectivity index (χ3n) is 5.52. The summed E-state index contributed by atoms with van der Waals surface area (Å²) >= 11 is 0. The first kappa shape index (κ1) is 22.5. The largest absolute Gasteiger partial charge is 0.442 e. The number of nitrogens with one attached hydrogen (secondary N) is 2. The van der Waals surface area contributed by atoms with Gasteiger partial charge in [0.05, 0.1) is 42.4 Å². The number of rotatable bonds is 8. The Labute approximate surface area is 196 Å². The highest BCUT2D eigenvalue weighted by molar-refractivity contribution is 5.90. The van der Waals surface area contributed by atoms with E-state index in [4.69, 9.17) is 4.74 Å².